The van der Waals surface area contributed by atoms with E-state index in [0.717, 1.165) is 38.7 Å². The topological polar surface area (TPSA) is 45.2 Å². The molecule has 3 rings (SSSR count). The van der Waals surface area contributed by atoms with E-state index in [4.69, 9.17) is 11.6 Å². The van der Waals surface area contributed by atoms with E-state index in [1.54, 1.807) is 23.7 Å². The first kappa shape index (κ1) is 12.8. The van der Waals surface area contributed by atoms with Gasteiger partial charge in [0.1, 0.15) is 0 Å². The first-order valence-electron chi connectivity index (χ1n) is 6.13. The first-order valence-corrected chi connectivity index (χ1v) is 7.39. The van der Waals surface area contributed by atoms with Crippen molar-refractivity contribution in [3.8, 4) is 0 Å². The van der Waals surface area contributed by atoms with Crippen molar-refractivity contribution in [1.29, 1.82) is 0 Å². The fourth-order valence-corrected chi connectivity index (χ4v) is 2.85. The van der Waals surface area contributed by atoms with Crippen LogP contribution in [0, 0.1) is 0 Å². The molecular formula is C12H14ClN5S. The lowest BCUT2D eigenvalue weighted by Gasteiger charge is -2.34. The van der Waals surface area contributed by atoms with Gasteiger partial charge in [-0.3, -0.25) is 9.88 Å². The summed E-state index contributed by atoms with van der Waals surface area (Å²) in [6.07, 6.45) is 5.24. The molecule has 0 aromatic carbocycles. The van der Waals surface area contributed by atoms with Crippen molar-refractivity contribution in [2.75, 3.05) is 31.1 Å². The van der Waals surface area contributed by atoms with Crippen molar-refractivity contribution < 1.29 is 0 Å². The zero-order chi connectivity index (χ0) is 13.1. The number of hydrogen-bond acceptors (Lipinski definition) is 6. The van der Waals surface area contributed by atoms with Gasteiger partial charge < -0.3 is 4.90 Å². The fraction of sp³-hybridized carbons (Fsp3) is 0.417. The molecule has 5 nitrogen and oxygen atoms in total. The third-order valence-electron chi connectivity index (χ3n) is 3.12. The molecule has 0 N–H and O–H groups in total. The van der Waals surface area contributed by atoms with Crippen molar-refractivity contribution in [2.45, 2.75) is 6.54 Å². The summed E-state index contributed by atoms with van der Waals surface area (Å²) in [5.41, 5.74) is 1.88. The molecule has 2 aromatic heterocycles. The molecule has 0 unspecified atom stereocenters. The van der Waals surface area contributed by atoms with Crippen molar-refractivity contribution >= 4 is 28.9 Å². The molecule has 1 aliphatic rings. The average molecular weight is 296 g/mol. The number of piperazine rings is 1. The SMILES string of the molecule is Clc1cnc(N2CCN(Cc3cncs3)CC2)nc1. The summed E-state index contributed by atoms with van der Waals surface area (Å²) in [6.45, 7) is 4.91. The van der Waals surface area contributed by atoms with Crippen molar-refractivity contribution in [3.63, 3.8) is 0 Å². The van der Waals surface area contributed by atoms with Gasteiger partial charge in [-0.25, -0.2) is 9.97 Å². The zero-order valence-electron chi connectivity index (χ0n) is 10.4. The minimum atomic E-state index is 0.576. The van der Waals surface area contributed by atoms with Crippen molar-refractivity contribution in [1.82, 2.24) is 19.9 Å². The maximum absolute atomic E-state index is 5.80. The van der Waals surface area contributed by atoms with Gasteiger partial charge in [-0.05, 0) is 0 Å². The van der Waals surface area contributed by atoms with E-state index in [1.165, 1.54) is 4.88 Å². The molecule has 0 atom stereocenters. The summed E-state index contributed by atoms with van der Waals surface area (Å²) in [4.78, 5) is 18.6. The second-order valence-electron chi connectivity index (χ2n) is 4.43. The van der Waals surface area contributed by atoms with E-state index in [0.29, 0.717) is 5.02 Å². The molecule has 7 heteroatoms. The second-order valence-corrected chi connectivity index (χ2v) is 5.84. The van der Waals surface area contributed by atoms with Crippen LogP contribution in [-0.4, -0.2) is 46.0 Å². The lowest BCUT2D eigenvalue weighted by Crippen LogP contribution is -2.46. The maximum atomic E-state index is 5.80. The van der Waals surface area contributed by atoms with Crippen LogP contribution in [0.4, 0.5) is 5.95 Å². The third kappa shape index (κ3) is 3.20. The zero-order valence-corrected chi connectivity index (χ0v) is 11.9. The van der Waals surface area contributed by atoms with Gasteiger partial charge >= 0.3 is 0 Å². The predicted octanol–water partition coefficient (Wildman–Crippen LogP) is 1.91. The summed E-state index contributed by atoms with van der Waals surface area (Å²) < 4.78 is 0. The van der Waals surface area contributed by atoms with Crippen LogP contribution >= 0.6 is 22.9 Å². The standard InChI is InChI=1S/C12H14ClN5S/c13-10-5-15-12(16-6-10)18-3-1-17(2-4-18)8-11-7-14-9-19-11/h5-7,9H,1-4,8H2. The Balaban J connectivity index is 1.56. The molecule has 19 heavy (non-hydrogen) atoms. The Kier molecular flexibility index (Phi) is 3.91. The predicted molar refractivity (Wildman–Crippen MR) is 76.6 cm³/mol. The summed E-state index contributed by atoms with van der Waals surface area (Å²) in [7, 11) is 0. The Morgan fingerprint density at radius 1 is 1.11 bits per heavy atom. The van der Waals surface area contributed by atoms with Crippen molar-refractivity contribution in [3.05, 3.63) is 34.0 Å². The molecule has 1 fully saturated rings. The minimum absolute atomic E-state index is 0.576. The number of rotatable bonds is 3. The van der Waals surface area contributed by atoms with Gasteiger partial charge in [0.25, 0.3) is 0 Å². The van der Waals surface area contributed by atoms with Crippen LogP contribution in [0.1, 0.15) is 4.88 Å². The molecule has 2 aromatic rings. The van der Waals surface area contributed by atoms with Crippen LogP contribution in [0.2, 0.25) is 5.02 Å². The highest BCUT2D eigenvalue weighted by Crippen LogP contribution is 2.15. The number of anilines is 1. The van der Waals surface area contributed by atoms with Crippen LogP contribution in [-0.2, 0) is 6.54 Å². The van der Waals surface area contributed by atoms with E-state index >= 15 is 0 Å². The van der Waals surface area contributed by atoms with Crippen LogP contribution < -0.4 is 4.90 Å². The van der Waals surface area contributed by atoms with Gasteiger partial charge in [0, 0.05) is 43.8 Å². The van der Waals surface area contributed by atoms with Gasteiger partial charge in [0.15, 0.2) is 0 Å². The van der Waals surface area contributed by atoms with Gasteiger partial charge in [-0.1, -0.05) is 11.6 Å². The van der Waals surface area contributed by atoms with Gasteiger partial charge in [-0.15, -0.1) is 11.3 Å². The van der Waals surface area contributed by atoms with Crippen LogP contribution in [0.25, 0.3) is 0 Å². The summed E-state index contributed by atoms with van der Waals surface area (Å²) >= 11 is 7.51. The van der Waals surface area contributed by atoms with Gasteiger partial charge in [0.2, 0.25) is 5.95 Å². The van der Waals surface area contributed by atoms with E-state index in [1.807, 2.05) is 11.7 Å². The van der Waals surface area contributed by atoms with E-state index in [2.05, 4.69) is 24.8 Å². The van der Waals surface area contributed by atoms with Crippen LogP contribution in [0.3, 0.4) is 0 Å². The molecule has 0 saturated carbocycles. The highest BCUT2D eigenvalue weighted by Gasteiger charge is 2.19. The van der Waals surface area contributed by atoms with Gasteiger partial charge in [-0.2, -0.15) is 0 Å². The maximum Gasteiger partial charge on any atom is 0.225 e. The molecule has 100 valence electrons. The number of hydrogen-bond donors (Lipinski definition) is 0. The quantitative estimate of drug-likeness (QED) is 0.865. The molecular weight excluding hydrogens is 282 g/mol. The molecule has 0 aliphatic carbocycles. The molecule has 0 amide bonds. The largest absolute Gasteiger partial charge is 0.338 e. The average Bonchev–Trinajstić information content (AvgIpc) is 2.94. The van der Waals surface area contributed by atoms with Gasteiger partial charge in [0.05, 0.1) is 22.9 Å². The molecule has 0 spiro atoms. The molecule has 1 aliphatic heterocycles. The van der Waals surface area contributed by atoms with Crippen molar-refractivity contribution in [2.24, 2.45) is 0 Å². The molecule has 0 radical (unpaired) electrons. The molecule has 3 heterocycles. The Labute approximate surface area is 120 Å². The Morgan fingerprint density at radius 2 is 1.84 bits per heavy atom. The Hall–Kier alpha value is -1.24. The Morgan fingerprint density at radius 3 is 2.47 bits per heavy atom. The molecule has 1 saturated heterocycles. The fourth-order valence-electron chi connectivity index (χ4n) is 2.12. The number of halogens is 1. The minimum Gasteiger partial charge on any atom is -0.338 e. The van der Waals surface area contributed by atoms with Crippen LogP contribution in [0.15, 0.2) is 24.1 Å². The smallest absolute Gasteiger partial charge is 0.225 e. The second kappa shape index (κ2) is 5.81. The molecule has 0 bridgehead atoms. The van der Waals surface area contributed by atoms with E-state index in [9.17, 15) is 0 Å². The lowest BCUT2D eigenvalue weighted by molar-refractivity contribution is 0.250. The monoisotopic (exact) mass is 295 g/mol. The summed E-state index contributed by atoms with van der Waals surface area (Å²) in [5.74, 6) is 0.766. The highest BCUT2D eigenvalue weighted by atomic mass is 35.5. The highest BCUT2D eigenvalue weighted by molar-refractivity contribution is 7.09. The number of nitrogens with zero attached hydrogens (tertiary/aromatic N) is 5. The summed E-state index contributed by atoms with van der Waals surface area (Å²) in [5, 5.41) is 0.576. The number of aromatic nitrogens is 3. The van der Waals surface area contributed by atoms with E-state index in [-0.39, 0.29) is 0 Å². The first-order chi connectivity index (χ1) is 9.31. The van der Waals surface area contributed by atoms with E-state index < -0.39 is 0 Å². The third-order valence-corrected chi connectivity index (χ3v) is 4.08. The normalized spacial score (nSPS) is 16.8. The Bertz CT molecular complexity index is 507. The summed E-state index contributed by atoms with van der Waals surface area (Å²) in [6, 6.07) is 0. The van der Waals surface area contributed by atoms with Crippen LogP contribution in [0.5, 0.6) is 0 Å². The lowest BCUT2D eigenvalue weighted by atomic mass is 10.3. The number of thiazole rings is 1.